The van der Waals surface area contributed by atoms with E-state index in [1.165, 1.54) is 0 Å². The Hall–Kier alpha value is -2.86. The summed E-state index contributed by atoms with van der Waals surface area (Å²) in [6, 6.07) is 14.3. The molecule has 160 valence electrons. The van der Waals surface area contributed by atoms with Crippen LogP contribution in [0.3, 0.4) is 0 Å². The number of sulfonamides is 1. The normalized spacial score (nSPS) is 16.0. The molecule has 0 aliphatic carbocycles. The van der Waals surface area contributed by atoms with Crippen LogP contribution in [-0.2, 0) is 35.8 Å². The van der Waals surface area contributed by atoms with Gasteiger partial charge in [-0.1, -0.05) is 29.8 Å². The monoisotopic (exact) mass is 455 g/mol. The van der Waals surface area contributed by atoms with Crippen LogP contribution in [0.2, 0.25) is 5.02 Å². The predicted molar refractivity (Wildman–Crippen MR) is 120 cm³/mol. The van der Waals surface area contributed by atoms with Gasteiger partial charge in [-0.3, -0.25) is 0 Å². The van der Waals surface area contributed by atoms with Gasteiger partial charge in [0.1, 0.15) is 0 Å². The molecule has 1 N–H and O–H groups in total. The number of imidazole rings is 1. The lowest BCUT2D eigenvalue weighted by Gasteiger charge is -2.36. The number of nitrogens with zero attached hydrogens (tertiary/aromatic N) is 4. The number of aromatic nitrogens is 2. The van der Waals surface area contributed by atoms with Crippen LogP contribution in [0, 0.1) is 11.3 Å². The molecule has 2 heterocycles. The van der Waals surface area contributed by atoms with E-state index in [4.69, 9.17) is 11.6 Å². The molecule has 1 atom stereocenters. The number of rotatable bonds is 6. The van der Waals surface area contributed by atoms with E-state index in [9.17, 15) is 13.7 Å². The summed E-state index contributed by atoms with van der Waals surface area (Å²) < 4.78 is 30.5. The van der Waals surface area contributed by atoms with Gasteiger partial charge in [-0.15, -0.1) is 0 Å². The highest BCUT2D eigenvalue weighted by atomic mass is 35.5. The van der Waals surface area contributed by atoms with E-state index >= 15 is 0 Å². The van der Waals surface area contributed by atoms with Crippen LogP contribution in [-0.4, -0.2) is 30.6 Å². The average Bonchev–Trinajstić information content (AvgIpc) is 3.13. The van der Waals surface area contributed by atoms with E-state index in [1.807, 2.05) is 23.7 Å². The largest absolute Gasteiger partial charge is 0.364 e. The first-order chi connectivity index (χ1) is 14.8. The van der Waals surface area contributed by atoms with Crippen LogP contribution < -0.4 is 9.62 Å². The third kappa shape index (κ3) is 4.90. The van der Waals surface area contributed by atoms with Gasteiger partial charge in [0.05, 0.1) is 36.0 Å². The molecule has 1 unspecified atom stereocenters. The van der Waals surface area contributed by atoms with Crippen molar-refractivity contribution in [3.8, 4) is 6.07 Å². The lowest BCUT2D eigenvalue weighted by molar-refractivity contribution is 0.521. The molecule has 0 saturated heterocycles. The van der Waals surface area contributed by atoms with Crippen LogP contribution in [0.15, 0.2) is 55.0 Å². The molecule has 1 aliphatic rings. The lowest BCUT2D eigenvalue weighted by atomic mass is 9.96. The standard InChI is InChI=1S/C22H22ClN5O2S/c1-27-15-25-11-20(27)13-28-12-19(9-18-8-16(10-24)6-7-22(18)28)26-31(29,30)14-17-4-2-3-5-21(17)23/h2-8,11,15,19,26H,9,12-14H2,1H3. The molecule has 3 aromatic rings. The number of hydrogen-bond acceptors (Lipinski definition) is 5. The second-order valence-corrected chi connectivity index (χ2v) is 9.86. The van der Waals surface area contributed by atoms with Crippen LogP contribution >= 0.6 is 11.6 Å². The second kappa shape index (κ2) is 8.71. The van der Waals surface area contributed by atoms with Crippen molar-refractivity contribution in [2.24, 2.45) is 7.05 Å². The Balaban J connectivity index is 1.59. The zero-order chi connectivity index (χ0) is 22.0. The summed E-state index contributed by atoms with van der Waals surface area (Å²) in [7, 11) is -1.69. The molecule has 0 amide bonds. The van der Waals surface area contributed by atoms with Crippen molar-refractivity contribution in [3.05, 3.63) is 82.4 Å². The Bertz CT molecular complexity index is 1250. The molecular formula is C22H22ClN5O2S. The molecule has 2 aromatic carbocycles. The van der Waals surface area contributed by atoms with Crippen molar-refractivity contribution in [2.75, 3.05) is 11.4 Å². The van der Waals surface area contributed by atoms with E-state index in [-0.39, 0.29) is 11.8 Å². The Kier molecular flexibility index (Phi) is 6.01. The summed E-state index contributed by atoms with van der Waals surface area (Å²) in [6.07, 6.45) is 4.05. The zero-order valence-corrected chi connectivity index (χ0v) is 18.6. The predicted octanol–water partition coefficient (Wildman–Crippen LogP) is 3.00. The number of hydrogen-bond donors (Lipinski definition) is 1. The highest BCUT2D eigenvalue weighted by molar-refractivity contribution is 7.88. The second-order valence-electron chi connectivity index (χ2n) is 7.70. The minimum Gasteiger partial charge on any atom is -0.364 e. The lowest BCUT2D eigenvalue weighted by Crippen LogP contribution is -2.48. The van der Waals surface area contributed by atoms with E-state index in [2.05, 4.69) is 20.7 Å². The minimum atomic E-state index is -3.61. The molecule has 0 bridgehead atoms. The number of fused-ring (bicyclic) bond motifs is 1. The first-order valence-corrected chi connectivity index (χ1v) is 11.8. The molecule has 7 nitrogen and oxygen atoms in total. The van der Waals surface area contributed by atoms with Gasteiger partial charge in [-0.25, -0.2) is 18.1 Å². The topological polar surface area (TPSA) is 91.0 Å². The average molecular weight is 456 g/mol. The molecule has 0 spiro atoms. The Morgan fingerprint density at radius 3 is 2.81 bits per heavy atom. The third-order valence-corrected chi connectivity index (χ3v) is 7.13. The van der Waals surface area contributed by atoms with Gasteiger partial charge in [0.25, 0.3) is 0 Å². The third-order valence-electron chi connectivity index (χ3n) is 5.38. The molecule has 0 radical (unpaired) electrons. The number of halogens is 1. The van der Waals surface area contributed by atoms with Gasteiger partial charge >= 0.3 is 0 Å². The van der Waals surface area contributed by atoms with Crippen molar-refractivity contribution in [2.45, 2.75) is 24.8 Å². The molecular weight excluding hydrogens is 434 g/mol. The van der Waals surface area contributed by atoms with Crippen molar-refractivity contribution >= 4 is 27.3 Å². The Morgan fingerprint density at radius 1 is 1.29 bits per heavy atom. The first kappa shape index (κ1) is 21.4. The van der Waals surface area contributed by atoms with E-state index in [1.54, 1.807) is 42.9 Å². The molecule has 0 fully saturated rings. The van der Waals surface area contributed by atoms with Crippen molar-refractivity contribution < 1.29 is 8.42 Å². The molecule has 0 saturated carbocycles. The summed E-state index contributed by atoms with van der Waals surface area (Å²) in [5.41, 5.74) is 4.07. The maximum atomic E-state index is 12.9. The summed E-state index contributed by atoms with van der Waals surface area (Å²) in [5.74, 6) is -0.185. The molecule has 1 aromatic heterocycles. The van der Waals surface area contributed by atoms with E-state index in [0.717, 1.165) is 16.9 Å². The Labute approximate surface area is 186 Å². The molecule has 9 heteroatoms. The first-order valence-electron chi connectivity index (χ1n) is 9.81. The molecule has 1 aliphatic heterocycles. The molecule has 31 heavy (non-hydrogen) atoms. The number of nitrogens with one attached hydrogen (secondary N) is 1. The summed E-state index contributed by atoms with van der Waals surface area (Å²) in [5, 5.41) is 9.72. The molecule has 4 rings (SSSR count). The van der Waals surface area contributed by atoms with Gasteiger partial charge in [0.2, 0.25) is 10.0 Å². The summed E-state index contributed by atoms with van der Waals surface area (Å²) in [6.45, 7) is 1.09. The van der Waals surface area contributed by atoms with Gasteiger partial charge in [-0.2, -0.15) is 5.26 Å². The van der Waals surface area contributed by atoms with Crippen LogP contribution in [0.5, 0.6) is 0 Å². The summed E-state index contributed by atoms with van der Waals surface area (Å²) >= 11 is 6.15. The van der Waals surface area contributed by atoms with Gasteiger partial charge in [0, 0.05) is 36.5 Å². The highest BCUT2D eigenvalue weighted by Crippen LogP contribution is 2.30. The van der Waals surface area contributed by atoms with Crippen molar-refractivity contribution in [3.63, 3.8) is 0 Å². The van der Waals surface area contributed by atoms with Crippen LogP contribution in [0.4, 0.5) is 5.69 Å². The maximum Gasteiger partial charge on any atom is 0.216 e. The quantitative estimate of drug-likeness (QED) is 0.617. The van der Waals surface area contributed by atoms with Gasteiger partial charge in [0.15, 0.2) is 0 Å². The smallest absolute Gasteiger partial charge is 0.216 e. The number of benzene rings is 2. The fourth-order valence-electron chi connectivity index (χ4n) is 3.90. The minimum absolute atomic E-state index is 0.185. The van der Waals surface area contributed by atoms with Crippen LogP contribution in [0.25, 0.3) is 0 Å². The van der Waals surface area contributed by atoms with Gasteiger partial charge < -0.3 is 9.47 Å². The van der Waals surface area contributed by atoms with E-state index < -0.39 is 10.0 Å². The SMILES string of the molecule is Cn1cncc1CN1CC(NS(=O)(=O)Cc2ccccc2Cl)Cc2cc(C#N)ccc21. The fraction of sp³-hybridized carbons (Fsp3) is 0.273. The van der Waals surface area contributed by atoms with E-state index in [0.29, 0.717) is 35.7 Å². The van der Waals surface area contributed by atoms with Crippen molar-refractivity contribution in [1.29, 1.82) is 5.26 Å². The van der Waals surface area contributed by atoms with Gasteiger partial charge in [-0.05, 0) is 41.8 Å². The van der Waals surface area contributed by atoms with Crippen molar-refractivity contribution in [1.82, 2.24) is 14.3 Å². The number of anilines is 1. The fourth-order valence-corrected chi connectivity index (χ4v) is 5.59. The highest BCUT2D eigenvalue weighted by Gasteiger charge is 2.28. The Morgan fingerprint density at radius 2 is 2.10 bits per heavy atom. The summed E-state index contributed by atoms with van der Waals surface area (Å²) in [4.78, 5) is 6.30. The zero-order valence-electron chi connectivity index (χ0n) is 17.0. The maximum absolute atomic E-state index is 12.9. The number of aryl methyl sites for hydroxylation is 1. The number of nitriles is 1. The van der Waals surface area contributed by atoms with Crippen LogP contribution in [0.1, 0.15) is 22.4 Å².